The topological polar surface area (TPSA) is 147 Å². The standard InChI is InChI=1S/C19H24N4O6S/c20-17(26)19(7-2-1-3-8-19)18(27)22-10-6-12-15(22)14(25)11-23(12)30(28,29)16-13(24)5-4-9-21-16/h4,9,12,15H,1-3,5-8,10-11H2,(H2,20,26). The molecule has 0 aromatic rings. The van der Waals surface area contributed by atoms with Gasteiger partial charge in [-0.05, 0) is 19.3 Å². The summed E-state index contributed by atoms with van der Waals surface area (Å²) in [7, 11) is -4.27. The predicted molar refractivity (Wildman–Crippen MR) is 105 cm³/mol. The molecule has 0 spiro atoms. The van der Waals surface area contributed by atoms with Gasteiger partial charge in [0, 0.05) is 19.2 Å². The Morgan fingerprint density at radius 2 is 1.87 bits per heavy atom. The SMILES string of the molecule is NC(=O)C1(C(=O)N2CCC3C2C(=O)CN3S(=O)(=O)C2=NC=CCC2=O)CCCCC1. The van der Waals surface area contributed by atoms with Gasteiger partial charge in [0.1, 0.15) is 11.5 Å². The molecule has 11 heteroatoms. The van der Waals surface area contributed by atoms with Crippen molar-refractivity contribution in [1.82, 2.24) is 9.21 Å². The van der Waals surface area contributed by atoms with Gasteiger partial charge in [0.05, 0.1) is 12.6 Å². The van der Waals surface area contributed by atoms with Crippen LogP contribution >= 0.6 is 0 Å². The number of hydrogen-bond acceptors (Lipinski definition) is 7. The van der Waals surface area contributed by atoms with Crippen molar-refractivity contribution in [3.05, 3.63) is 12.3 Å². The lowest BCUT2D eigenvalue weighted by molar-refractivity contribution is -0.154. The number of sulfonamides is 1. The molecule has 2 atom stereocenters. The van der Waals surface area contributed by atoms with Crippen molar-refractivity contribution in [3.63, 3.8) is 0 Å². The van der Waals surface area contributed by atoms with Crippen LogP contribution in [0.1, 0.15) is 44.9 Å². The summed E-state index contributed by atoms with van der Waals surface area (Å²) in [6.07, 6.45) is 5.86. The van der Waals surface area contributed by atoms with E-state index in [1.54, 1.807) is 0 Å². The maximum atomic E-state index is 13.4. The molecular formula is C19H24N4O6S. The third-order valence-electron chi connectivity index (χ3n) is 6.62. The van der Waals surface area contributed by atoms with Crippen molar-refractivity contribution in [2.45, 2.75) is 57.0 Å². The minimum absolute atomic E-state index is 0.0698. The van der Waals surface area contributed by atoms with Crippen molar-refractivity contribution in [1.29, 1.82) is 0 Å². The lowest BCUT2D eigenvalue weighted by atomic mass is 9.72. The van der Waals surface area contributed by atoms with Gasteiger partial charge in [0.25, 0.3) is 10.0 Å². The summed E-state index contributed by atoms with van der Waals surface area (Å²) in [5.41, 5.74) is 4.28. The molecule has 0 aromatic heterocycles. The molecule has 0 radical (unpaired) electrons. The van der Waals surface area contributed by atoms with Gasteiger partial charge in [0.15, 0.2) is 11.6 Å². The quantitative estimate of drug-likeness (QED) is 0.589. The number of aliphatic imine (C=N–C) groups is 1. The van der Waals surface area contributed by atoms with Gasteiger partial charge in [-0.25, -0.2) is 13.4 Å². The smallest absolute Gasteiger partial charge is 0.264 e. The molecule has 162 valence electrons. The number of primary amides is 1. The highest BCUT2D eigenvalue weighted by Crippen LogP contribution is 2.41. The number of allylic oxidation sites excluding steroid dienone is 1. The summed E-state index contributed by atoms with van der Waals surface area (Å²) >= 11 is 0. The fourth-order valence-electron chi connectivity index (χ4n) is 5.08. The van der Waals surface area contributed by atoms with Crippen molar-refractivity contribution in [3.8, 4) is 0 Å². The first-order chi connectivity index (χ1) is 14.2. The van der Waals surface area contributed by atoms with Gasteiger partial charge in [-0.1, -0.05) is 25.3 Å². The van der Waals surface area contributed by atoms with Crippen molar-refractivity contribution in [2.75, 3.05) is 13.1 Å². The van der Waals surface area contributed by atoms with Crippen LogP contribution in [0.15, 0.2) is 17.3 Å². The van der Waals surface area contributed by atoms with Gasteiger partial charge >= 0.3 is 0 Å². The lowest BCUT2D eigenvalue weighted by Crippen LogP contribution is -2.55. The van der Waals surface area contributed by atoms with E-state index < -0.39 is 62.5 Å². The number of nitrogens with two attached hydrogens (primary N) is 1. The minimum atomic E-state index is -4.27. The van der Waals surface area contributed by atoms with E-state index in [1.807, 2.05) is 0 Å². The highest BCUT2D eigenvalue weighted by molar-refractivity contribution is 8.06. The summed E-state index contributed by atoms with van der Waals surface area (Å²) in [4.78, 5) is 55.6. The number of nitrogens with zero attached hydrogens (tertiary/aromatic N) is 3. The van der Waals surface area contributed by atoms with Crippen LogP contribution in [0.5, 0.6) is 0 Å². The maximum Gasteiger partial charge on any atom is 0.264 e. The summed E-state index contributed by atoms with van der Waals surface area (Å²) < 4.78 is 27.1. The van der Waals surface area contributed by atoms with E-state index in [-0.39, 0.29) is 19.4 Å². The molecular weight excluding hydrogens is 412 g/mol. The predicted octanol–water partition coefficient (Wildman–Crippen LogP) is -0.509. The summed E-state index contributed by atoms with van der Waals surface area (Å²) in [5, 5.41) is -0.580. The summed E-state index contributed by atoms with van der Waals surface area (Å²) in [6, 6.07) is -1.75. The number of hydrogen-bond donors (Lipinski definition) is 1. The normalized spacial score (nSPS) is 29.1. The second-order valence-electron chi connectivity index (χ2n) is 8.27. The van der Waals surface area contributed by atoms with Crippen LogP contribution in [0.25, 0.3) is 0 Å². The largest absolute Gasteiger partial charge is 0.369 e. The number of Topliss-reactive ketones (excluding diaryl/α,β-unsaturated/α-hetero) is 2. The molecule has 4 aliphatic rings. The average molecular weight is 436 g/mol. The number of rotatable bonds is 3. The fourth-order valence-corrected chi connectivity index (χ4v) is 6.74. The van der Waals surface area contributed by atoms with E-state index in [0.717, 1.165) is 10.7 Å². The Bertz CT molecular complexity index is 979. The van der Waals surface area contributed by atoms with Gasteiger partial charge in [-0.15, -0.1) is 0 Å². The third-order valence-corrected chi connectivity index (χ3v) is 8.46. The molecule has 10 nitrogen and oxygen atoms in total. The monoisotopic (exact) mass is 436 g/mol. The Labute approximate surface area is 174 Å². The van der Waals surface area contributed by atoms with E-state index in [1.165, 1.54) is 17.2 Å². The summed E-state index contributed by atoms with van der Waals surface area (Å²) in [6.45, 7) is -0.275. The number of fused-ring (bicyclic) bond motifs is 1. The zero-order valence-electron chi connectivity index (χ0n) is 16.5. The Morgan fingerprint density at radius 1 is 1.17 bits per heavy atom. The van der Waals surface area contributed by atoms with Crippen molar-refractivity contribution in [2.24, 2.45) is 16.1 Å². The van der Waals surface area contributed by atoms with E-state index in [4.69, 9.17) is 5.73 Å². The molecule has 3 fully saturated rings. The van der Waals surface area contributed by atoms with Crippen LogP contribution in [0, 0.1) is 5.41 Å². The van der Waals surface area contributed by atoms with E-state index >= 15 is 0 Å². The lowest BCUT2D eigenvalue weighted by Gasteiger charge is -2.37. The molecule has 2 N–H and O–H groups in total. The number of ketones is 2. The van der Waals surface area contributed by atoms with Crippen LogP contribution in [0.2, 0.25) is 0 Å². The Kier molecular flexibility index (Phi) is 5.13. The number of carbonyl (C=O) groups is 4. The van der Waals surface area contributed by atoms with Gasteiger partial charge in [-0.2, -0.15) is 4.31 Å². The second kappa shape index (κ2) is 7.38. The fraction of sp³-hybridized carbons (Fsp3) is 0.632. The maximum absolute atomic E-state index is 13.4. The first-order valence-electron chi connectivity index (χ1n) is 10.1. The zero-order chi connectivity index (χ0) is 21.7. The highest BCUT2D eigenvalue weighted by Gasteiger charge is 2.58. The molecule has 1 saturated carbocycles. The molecule has 0 aromatic carbocycles. The molecule has 2 unspecified atom stereocenters. The van der Waals surface area contributed by atoms with Crippen LogP contribution in [0.4, 0.5) is 0 Å². The van der Waals surface area contributed by atoms with Crippen molar-refractivity contribution < 1.29 is 27.6 Å². The number of carbonyl (C=O) groups excluding carboxylic acids is 4. The first-order valence-corrected chi connectivity index (χ1v) is 11.6. The molecule has 3 heterocycles. The van der Waals surface area contributed by atoms with Crippen LogP contribution in [-0.2, 0) is 29.2 Å². The highest BCUT2D eigenvalue weighted by atomic mass is 32.2. The third kappa shape index (κ3) is 3.02. The minimum Gasteiger partial charge on any atom is -0.369 e. The van der Waals surface area contributed by atoms with E-state index in [2.05, 4.69) is 4.99 Å². The zero-order valence-corrected chi connectivity index (χ0v) is 17.3. The molecule has 2 amide bonds. The molecule has 0 bridgehead atoms. The second-order valence-corrected chi connectivity index (χ2v) is 10.1. The van der Waals surface area contributed by atoms with Crippen molar-refractivity contribution >= 4 is 38.4 Å². The molecule has 30 heavy (non-hydrogen) atoms. The molecule has 1 aliphatic carbocycles. The van der Waals surface area contributed by atoms with Crippen LogP contribution in [-0.4, -0.2) is 71.2 Å². The van der Waals surface area contributed by atoms with Crippen LogP contribution < -0.4 is 5.73 Å². The van der Waals surface area contributed by atoms with Crippen LogP contribution in [0.3, 0.4) is 0 Å². The van der Waals surface area contributed by atoms with Gasteiger partial charge in [0.2, 0.25) is 16.9 Å². The Hall–Kier alpha value is -2.40. The van der Waals surface area contributed by atoms with Gasteiger partial charge in [-0.3, -0.25) is 19.2 Å². The van der Waals surface area contributed by atoms with E-state index in [9.17, 15) is 27.6 Å². The van der Waals surface area contributed by atoms with Gasteiger partial charge < -0.3 is 10.6 Å². The Morgan fingerprint density at radius 3 is 2.50 bits per heavy atom. The number of amides is 2. The first kappa shape index (κ1) is 20.9. The van der Waals surface area contributed by atoms with E-state index in [0.29, 0.717) is 25.7 Å². The molecule has 3 aliphatic heterocycles. The molecule has 4 rings (SSSR count). The average Bonchev–Trinajstić information content (AvgIpc) is 3.29. The number of likely N-dealkylation sites (tertiary alicyclic amines) is 1. The summed E-state index contributed by atoms with van der Waals surface area (Å²) in [5.74, 6) is -2.23. The Balaban J connectivity index is 1.63. The molecule has 2 saturated heterocycles.